The standard InChI is InChI=1S/C22H20N4O2/c1-14-8-9-15(2)19(13-14)26-20(27)11-10-18(25-26)22(28)24-17-7-3-5-16-6-4-12-23-21(16)17/h3-9,12-13H,10-11H2,1-2H3,(H,24,28). The van der Waals surface area contributed by atoms with E-state index in [1.807, 2.05) is 62.4 Å². The SMILES string of the molecule is Cc1ccc(C)c(N2N=C(C(=O)Nc3cccc4cccnc34)CCC2=O)c1. The van der Waals surface area contributed by atoms with E-state index in [1.54, 1.807) is 6.20 Å². The van der Waals surface area contributed by atoms with Crippen LogP contribution in [0, 0.1) is 13.8 Å². The van der Waals surface area contributed by atoms with Gasteiger partial charge in [-0.1, -0.05) is 30.3 Å². The second-order valence-corrected chi connectivity index (χ2v) is 6.88. The first-order chi connectivity index (χ1) is 13.5. The molecule has 0 saturated carbocycles. The first kappa shape index (κ1) is 17.9. The number of hydrogen-bond acceptors (Lipinski definition) is 4. The molecule has 28 heavy (non-hydrogen) atoms. The van der Waals surface area contributed by atoms with Crippen molar-refractivity contribution in [3.63, 3.8) is 0 Å². The number of carbonyl (C=O) groups excluding carboxylic acids is 2. The van der Waals surface area contributed by atoms with Gasteiger partial charge in [-0.3, -0.25) is 14.6 Å². The molecule has 3 aromatic rings. The average molecular weight is 372 g/mol. The molecule has 1 aliphatic heterocycles. The Morgan fingerprint density at radius 1 is 1.07 bits per heavy atom. The number of anilines is 2. The third-order valence-electron chi connectivity index (χ3n) is 4.77. The van der Waals surface area contributed by atoms with Crippen LogP contribution in [-0.2, 0) is 9.59 Å². The molecule has 0 radical (unpaired) electrons. The number of aryl methyl sites for hydroxylation is 2. The Bertz CT molecular complexity index is 1120. The normalized spacial score (nSPS) is 14.1. The van der Waals surface area contributed by atoms with Gasteiger partial charge in [-0.2, -0.15) is 5.10 Å². The van der Waals surface area contributed by atoms with E-state index in [-0.39, 0.29) is 18.2 Å². The van der Waals surface area contributed by atoms with Crippen molar-refractivity contribution in [2.45, 2.75) is 26.7 Å². The van der Waals surface area contributed by atoms with Gasteiger partial charge in [0.2, 0.25) is 5.91 Å². The van der Waals surface area contributed by atoms with Crippen LogP contribution in [0.15, 0.2) is 59.8 Å². The van der Waals surface area contributed by atoms with Crippen LogP contribution in [-0.4, -0.2) is 22.5 Å². The van der Waals surface area contributed by atoms with Crippen molar-refractivity contribution in [1.29, 1.82) is 0 Å². The molecular formula is C22H20N4O2. The molecular weight excluding hydrogens is 352 g/mol. The molecule has 1 aliphatic rings. The number of nitrogens with zero attached hydrogens (tertiary/aromatic N) is 3. The van der Waals surface area contributed by atoms with E-state index < -0.39 is 0 Å². The Morgan fingerprint density at radius 3 is 2.75 bits per heavy atom. The van der Waals surface area contributed by atoms with Gasteiger partial charge in [-0.25, -0.2) is 5.01 Å². The van der Waals surface area contributed by atoms with Crippen LogP contribution < -0.4 is 10.3 Å². The van der Waals surface area contributed by atoms with Crippen LogP contribution in [0.3, 0.4) is 0 Å². The van der Waals surface area contributed by atoms with E-state index in [4.69, 9.17) is 0 Å². The molecule has 0 atom stereocenters. The molecule has 2 amide bonds. The molecule has 2 aromatic carbocycles. The number of aromatic nitrogens is 1. The lowest BCUT2D eigenvalue weighted by Crippen LogP contribution is -2.36. The fourth-order valence-electron chi connectivity index (χ4n) is 3.25. The van der Waals surface area contributed by atoms with Gasteiger partial charge in [0.1, 0.15) is 5.71 Å². The van der Waals surface area contributed by atoms with Gasteiger partial charge in [0.25, 0.3) is 5.91 Å². The van der Waals surface area contributed by atoms with Crippen LogP contribution in [0.25, 0.3) is 10.9 Å². The van der Waals surface area contributed by atoms with Gasteiger partial charge in [-0.15, -0.1) is 0 Å². The second-order valence-electron chi connectivity index (χ2n) is 6.88. The zero-order chi connectivity index (χ0) is 19.7. The summed E-state index contributed by atoms with van der Waals surface area (Å²) in [5.74, 6) is -0.432. The highest BCUT2D eigenvalue weighted by molar-refractivity contribution is 6.44. The highest BCUT2D eigenvalue weighted by Crippen LogP contribution is 2.26. The maximum atomic E-state index is 12.8. The molecule has 6 heteroatoms. The highest BCUT2D eigenvalue weighted by atomic mass is 16.2. The zero-order valence-electron chi connectivity index (χ0n) is 15.8. The second kappa shape index (κ2) is 7.23. The number of rotatable bonds is 3. The van der Waals surface area contributed by atoms with Gasteiger partial charge in [-0.05, 0) is 43.2 Å². The maximum absolute atomic E-state index is 12.8. The van der Waals surface area contributed by atoms with Gasteiger partial charge in [0.15, 0.2) is 0 Å². The van der Waals surface area contributed by atoms with Crippen molar-refractivity contribution in [2.75, 3.05) is 10.3 Å². The molecule has 0 saturated heterocycles. The Labute approximate surface area is 162 Å². The first-order valence-electron chi connectivity index (χ1n) is 9.16. The number of hydrazone groups is 1. The van der Waals surface area contributed by atoms with E-state index in [1.165, 1.54) is 5.01 Å². The van der Waals surface area contributed by atoms with Crippen LogP contribution in [0.4, 0.5) is 11.4 Å². The first-order valence-corrected chi connectivity index (χ1v) is 9.16. The number of benzene rings is 2. The summed E-state index contributed by atoms with van der Waals surface area (Å²) < 4.78 is 0. The van der Waals surface area contributed by atoms with E-state index >= 15 is 0 Å². The average Bonchev–Trinajstić information content (AvgIpc) is 2.70. The molecule has 0 spiro atoms. The molecule has 0 unspecified atom stereocenters. The number of carbonyl (C=O) groups is 2. The van der Waals surface area contributed by atoms with Crippen LogP contribution in [0.2, 0.25) is 0 Å². The number of hydrogen-bond donors (Lipinski definition) is 1. The van der Waals surface area contributed by atoms with Gasteiger partial charge >= 0.3 is 0 Å². The number of amides is 2. The number of nitrogens with one attached hydrogen (secondary N) is 1. The van der Waals surface area contributed by atoms with Crippen molar-refractivity contribution in [1.82, 2.24) is 4.98 Å². The summed E-state index contributed by atoms with van der Waals surface area (Å²) in [6, 6.07) is 15.3. The van der Waals surface area contributed by atoms with Crippen LogP contribution in [0.5, 0.6) is 0 Å². The molecule has 4 rings (SSSR count). The molecule has 6 nitrogen and oxygen atoms in total. The summed E-state index contributed by atoms with van der Waals surface area (Å²) in [6.07, 6.45) is 2.24. The third kappa shape index (κ3) is 3.36. The number of para-hydroxylation sites is 1. The highest BCUT2D eigenvalue weighted by Gasteiger charge is 2.27. The lowest BCUT2D eigenvalue weighted by molar-refractivity contribution is -0.118. The molecule has 0 fully saturated rings. The predicted molar refractivity (Wildman–Crippen MR) is 110 cm³/mol. The summed E-state index contributed by atoms with van der Waals surface area (Å²) in [5, 5.41) is 9.57. The minimum atomic E-state index is -0.319. The summed E-state index contributed by atoms with van der Waals surface area (Å²) in [7, 11) is 0. The Balaban J connectivity index is 1.65. The lowest BCUT2D eigenvalue weighted by atomic mass is 10.1. The zero-order valence-corrected chi connectivity index (χ0v) is 15.8. The van der Waals surface area contributed by atoms with Crippen molar-refractivity contribution in [3.8, 4) is 0 Å². The minimum Gasteiger partial charge on any atom is -0.319 e. The van der Waals surface area contributed by atoms with E-state index in [9.17, 15) is 9.59 Å². The molecule has 0 aliphatic carbocycles. The van der Waals surface area contributed by atoms with Crippen molar-refractivity contribution in [2.24, 2.45) is 5.10 Å². The fourth-order valence-corrected chi connectivity index (χ4v) is 3.25. The van der Waals surface area contributed by atoms with Gasteiger partial charge in [0, 0.05) is 24.4 Å². The number of fused-ring (bicyclic) bond motifs is 1. The topological polar surface area (TPSA) is 74.7 Å². The monoisotopic (exact) mass is 372 g/mol. The predicted octanol–water partition coefficient (Wildman–Crippen LogP) is 3.97. The van der Waals surface area contributed by atoms with Crippen LogP contribution in [0.1, 0.15) is 24.0 Å². The van der Waals surface area contributed by atoms with Gasteiger partial charge < -0.3 is 5.32 Å². The van der Waals surface area contributed by atoms with Crippen molar-refractivity contribution >= 4 is 39.8 Å². The Kier molecular flexibility index (Phi) is 4.61. The van der Waals surface area contributed by atoms with Crippen molar-refractivity contribution in [3.05, 3.63) is 65.9 Å². The quantitative estimate of drug-likeness (QED) is 0.756. The van der Waals surface area contributed by atoms with E-state index in [2.05, 4.69) is 15.4 Å². The largest absolute Gasteiger partial charge is 0.319 e. The van der Waals surface area contributed by atoms with Gasteiger partial charge in [0.05, 0.1) is 16.9 Å². The third-order valence-corrected chi connectivity index (χ3v) is 4.77. The molecule has 0 bridgehead atoms. The molecule has 1 N–H and O–H groups in total. The summed E-state index contributed by atoms with van der Waals surface area (Å²) >= 11 is 0. The molecule has 1 aromatic heterocycles. The smallest absolute Gasteiger partial charge is 0.271 e. The maximum Gasteiger partial charge on any atom is 0.271 e. The minimum absolute atomic E-state index is 0.114. The van der Waals surface area contributed by atoms with Crippen molar-refractivity contribution < 1.29 is 9.59 Å². The Morgan fingerprint density at radius 2 is 1.89 bits per heavy atom. The summed E-state index contributed by atoms with van der Waals surface area (Å²) in [6.45, 7) is 3.88. The Hall–Kier alpha value is -3.54. The lowest BCUT2D eigenvalue weighted by Gasteiger charge is -2.25. The summed E-state index contributed by atoms with van der Waals surface area (Å²) in [5.41, 5.74) is 4.35. The number of pyridine rings is 1. The van der Waals surface area contributed by atoms with E-state index in [0.29, 0.717) is 23.5 Å². The molecule has 140 valence electrons. The van der Waals surface area contributed by atoms with Crippen LogP contribution >= 0.6 is 0 Å². The summed E-state index contributed by atoms with van der Waals surface area (Å²) in [4.78, 5) is 29.6. The van der Waals surface area contributed by atoms with E-state index in [0.717, 1.165) is 22.0 Å². The molecule has 2 heterocycles. The fraction of sp³-hybridized carbons (Fsp3) is 0.182.